The highest BCUT2D eigenvalue weighted by Crippen LogP contribution is 2.24. The van der Waals surface area contributed by atoms with E-state index in [0.29, 0.717) is 23.0 Å². The van der Waals surface area contributed by atoms with Gasteiger partial charge in [-0.25, -0.2) is 12.7 Å². The van der Waals surface area contributed by atoms with Crippen LogP contribution in [0.3, 0.4) is 0 Å². The van der Waals surface area contributed by atoms with Gasteiger partial charge in [-0.2, -0.15) is 5.10 Å². The van der Waals surface area contributed by atoms with Gasteiger partial charge in [0.2, 0.25) is 10.0 Å². The minimum atomic E-state index is -3.50. The van der Waals surface area contributed by atoms with Gasteiger partial charge in [0.1, 0.15) is 4.90 Å². The molecule has 0 fully saturated rings. The van der Waals surface area contributed by atoms with Crippen LogP contribution in [0.25, 0.3) is 0 Å². The van der Waals surface area contributed by atoms with Crippen LogP contribution in [0, 0.1) is 13.8 Å². The Hall–Kier alpha value is -1.37. The van der Waals surface area contributed by atoms with Crippen molar-refractivity contribution in [1.29, 1.82) is 0 Å². The quantitative estimate of drug-likeness (QED) is 0.866. The minimum Gasteiger partial charge on any atom is -0.264 e. The van der Waals surface area contributed by atoms with Crippen molar-refractivity contribution in [2.75, 3.05) is 14.1 Å². The van der Waals surface area contributed by atoms with E-state index in [9.17, 15) is 8.42 Å². The highest BCUT2D eigenvalue weighted by Gasteiger charge is 2.26. The summed E-state index contributed by atoms with van der Waals surface area (Å²) >= 11 is 6.15. The standard InChI is InChI=1S/C14H18ClN3O2S/c1-10-14(21(19,20)17(3)4)11(2)18(16-10)9-12-7-5-6-8-13(12)15/h5-8H,9H2,1-4H3. The first-order valence-electron chi connectivity index (χ1n) is 6.45. The van der Waals surface area contributed by atoms with Crippen molar-refractivity contribution in [3.63, 3.8) is 0 Å². The number of rotatable bonds is 4. The molecule has 2 rings (SSSR count). The molecule has 0 atom stereocenters. The van der Waals surface area contributed by atoms with E-state index in [1.165, 1.54) is 18.4 Å². The number of halogens is 1. The maximum Gasteiger partial charge on any atom is 0.246 e. The Bertz CT molecular complexity index is 767. The molecule has 7 heteroatoms. The van der Waals surface area contributed by atoms with Gasteiger partial charge in [0, 0.05) is 19.1 Å². The van der Waals surface area contributed by atoms with Crippen molar-refractivity contribution in [1.82, 2.24) is 14.1 Å². The van der Waals surface area contributed by atoms with Crippen LogP contribution in [0.4, 0.5) is 0 Å². The van der Waals surface area contributed by atoms with E-state index in [4.69, 9.17) is 11.6 Å². The van der Waals surface area contributed by atoms with E-state index in [1.54, 1.807) is 24.6 Å². The summed E-state index contributed by atoms with van der Waals surface area (Å²) in [5.74, 6) is 0. The Kier molecular flexibility index (Phi) is 4.41. The lowest BCUT2D eigenvalue weighted by molar-refractivity contribution is 0.519. The topological polar surface area (TPSA) is 55.2 Å². The summed E-state index contributed by atoms with van der Waals surface area (Å²) in [6.45, 7) is 3.90. The van der Waals surface area contributed by atoms with Crippen molar-refractivity contribution in [3.8, 4) is 0 Å². The van der Waals surface area contributed by atoms with Gasteiger partial charge in [-0.15, -0.1) is 0 Å². The van der Waals surface area contributed by atoms with Gasteiger partial charge in [-0.05, 0) is 25.5 Å². The number of hydrogen-bond acceptors (Lipinski definition) is 3. The van der Waals surface area contributed by atoms with Gasteiger partial charge in [0.15, 0.2) is 0 Å². The SMILES string of the molecule is Cc1nn(Cc2ccccc2Cl)c(C)c1S(=O)(=O)N(C)C. The Balaban J connectivity index is 2.48. The Morgan fingerprint density at radius 3 is 2.43 bits per heavy atom. The Labute approximate surface area is 130 Å². The van der Waals surface area contributed by atoms with E-state index >= 15 is 0 Å². The molecular weight excluding hydrogens is 310 g/mol. The number of aromatic nitrogens is 2. The molecule has 0 saturated heterocycles. The molecule has 0 spiro atoms. The lowest BCUT2D eigenvalue weighted by Crippen LogP contribution is -2.23. The smallest absolute Gasteiger partial charge is 0.246 e. The Morgan fingerprint density at radius 1 is 1.24 bits per heavy atom. The van der Waals surface area contributed by atoms with Crippen molar-refractivity contribution in [2.24, 2.45) is 0 Å². The third-order valence-corrected chi connectivity index (χ3v) is 5.77. The van der Waals surface area contributed by atoms with Crippen molar-refractivity contribution in [2.45, 2.75) is 25.3 Å². The number of benzene rings is 1. The summed E-state index contributed by atoms with van der Waals surface area (Å²) in [5.41, 5.74) is 2.01. The second-order valence-corrected chi connectivity index (χ2v) is 7.53. The van der Waals surface area contributed by atoms with Crippen molar-refractivity contribution >= 4 is 21.6 Å². The number of hydrogen-bond donors (Lipinski definition) is 0. The molecule has 0 amide bonds. The summed E-state index contributed by atoms with van der Waals surface area (Å²) in [7, 11) is -0.476. The molecule has 1 heterocycles. The predicted molar refractivity (Wildman–Crippen MR) is 83.1 cm³/mol. The monoisotopic (exact) mass is 327 g/mol. The molecule has 0 saturated carbocycles. The fourth-order valence-corrected chi connectivity index (χ4v) is 3.63. The van der Waals surface area contributed by atoms with Crippen molar-refractivity contribution in [3.05, 3.63) is 46.2 Å². The summed E-state index contributed by atoms with van der Waals surface area (Å²) in [4.78, 5) is 0.263. The van der Waals surface area contributed by atoms with E-state index in [2.05, 4.69) is 5.10 Å². The van der Waals surface area contributed by atoms with Gasteiger partial charge in [0.25, 0.3) is 0 Å². The normalized spacial score (nSPS) is 12.1. The Morgan fingerprint density at radius 2 is 1.86 bits per heavy atom. The molecule has 0 bridgehead atoms. The summed E-state index contributed by atoms with van der Waals surface area (Å²) in [6, 6.07) is 7.46. The zero-order valence-electron chi connectivity index (χ0n) is 12.5. The lowest BCUT2D eigenvalue weighted by atomic mass is 10.2. The van der Waals surface area contributed by atoms with E-state index in [0.717, 1.165) is 5.56 Å². The summed E-state index contributed by atoms with van der Waals surface area (Å²) in [5, 5.41) is 4.99. The van der Waals surface area contributed by atoms with Crippen molar-refractivity contribution < 1.29 is 8.42 Å². The molecule has 0 N–H and O–H groups in total. The first-order valence-corrected chi connectivity index (χ1v) is 8.27. The molecule has 1 aromatic heterocycles. The minimum absolute atomic E-state index is 0.263. The van der Waals surface area contributed by atoms with Crippen LogP contribution in [-0.2, 0) is 16.6 Å². The van der Waals surface area contributed by atoms with Crippen LogP contribution < -0.4 is 0 Å². The van der Waals surface area contributed by atoms with Crippen LogP contribution in [0.2, 0.25) is 5.02 Å². The van der Waals surface area contributed by atoms with Crippen LogP contribution in [0.5, 0.6) is 0 Å². The van der Waals surface area contributed by atoms with E-state index in [1.807, 2.05) is 18.2 Å². The second kappa shape index (κ2) is 5.79. The molecule has 21 heavy (non-hydrogen) atoms. The largest absolute Gasteiger partial charge is 0.264 e. The highest BCUT2D eigenvalue weighted by molar-refractivity contribution is 7.89. The average Bonchev–Trinajstić information content (AvgIpc) is 2.67. The number of aryl methyl sites for hydroxylation is 1. The zero-order chi connectivity index (χ0) is 15.8. The molecular formula is C14H18ClN3O2S. The lowest BCUT2D eigenvalue weighted by Gasteiger charge is -2.12. The van der Waals surface area contributed by atoms with Crippen LogP contribution in [0.15, 0.2) is 29.2 Å². The van der Waals surface area contributed by atoms with E-state index in [-0.39, 0.29) is 4.90 Å². The number of nitrogens with zero attached hydrogens (tertiary/aromatic N) is 3. The molecule has 0 unspecified atom stereocenters. The van der Waals surface area contributed by atoms with E-state index < -0.39 is 10.0 Å². The highest BCUT2D eigenvalue weighted by atomic mass is 35.5. The zero-order valence-corrected chi connectivity index (χ0v) is 14.0. The van der Waals surface area contributed by atoms with Crippen LogP contribution in [-0.4, -0.2) is 36.6 Å². The molecule has 1 aromatic carbocycles. The fourth-order valence-electron chi connectivity index (χ4n) is 2.18. The molecule has 0 aliphatic heterocycles. The predicted octanol–water partition coefficient (Wildman–Crippen LogP) is 2.45. The number of sulfonamides is 1. The third-order valence-electron chi connectivity index (χ3n) is 3.33. The molecule has 0 radical (unpaired) electrons. The summed E-state index contributed by atoms with van der Waals surface area (Å²) in [6.07, 6.45) is 0. The first kappa shape index (κ1) is 16.0. The van der Waals surface area contributed by atoms with Crippen LogP contribution in [0.1, 0.15) is 17.0 Å². The fraction of sp³-hybridized carbons (Fsp3) is 0.357. The molecule has 5 nitrogen and oxygen atoms in total. The summed E-state index contributed by atoms with van der Waals surface area (Å²) < 4.78 is 27.6. The molecule has 114 valence electrons. The molecule has 0 aliphatic carbocycles. The molecule has 0 aliphatic rings. The second-order valence-electron chi connectivity index (χ2n) is 5.04. The third kappa shape index (κ3) is 2.97. The van der Waals surface area contributed by atoms with Gasteiger partial charge in [0.05, 0.1) is 17.9 Å². The maximum absolute atomic E-state index is 12.4. The van der Waals surface area contributed by atoms with Gasteiger partial charge in [-0.1, -0.05) is 29.8 Å². The van der Waals surface area contributed by atoms with Gasteiger partial charge in [-0.3, -0.25) is 4.68 Å². The van der Waals surface area contributed by atoms with Gasteiger partial charge >= 0.3 is 0 Å². The first-order chi connectivity index (χ1) is 9.75. The van der Waals surface area contributed by atoms with Gasteiger partial charge < -0.3 is 0 Å². The average molecular weight is 328 g/mol. The molecule has 2 aromatic rings. The van der Waals surface area contributed by atoms with Crippen LogP contribution >= 0.6 is 11.6 Å². The maximum atomic E-state index is 12.4.